The van der Waals surface area contributed by atoms with Crippen LogP contribution in [0.4, 0.5) is 43.9 Å². The molecule has 0 spiro atoms. The largest absolute Gasteiger partial charge is 0.508 e. The normalized spacial score (nSPS) is 19.7. The number of halogens is 10. The molecule has 0 amide bonds. The number of rotatable bonds is 30. The number of fused-ring (bicyclic) bond motifs is 2. The van der Waals surface area contributed by atoms with Crippen LogP contribution < -0.4 is 0 Å². The van der Waals surface area contributed by atoms with Gasteiger partial charge in [0.2, 0.25) is 0 Å². The zero-order chi connectivity index (χ0) is 57.0. The molecule has 0 aromatic heterocycles. The molecule has 18 heteroatoms. The lowest BCUT2D eigenvalue weighted by Crippen LogP contribution is -2.36. The summed E-state index contributed by atoms with van der Waals surface area (Å²) in [5.41, 5.74) is 7.72. The third kappa shape index (κ3) is 19.6. The summed E-state index contributed by atoms with van der Waals surface area (Å²) in [6.45, 7) is 11.6. The van der Waals surface area contributed by atoms with E-state index in [1.807, 2.05) is 36.0 Å². The smallest absolute Gasteiger partial charge is 0.453 e. The van der Waals surface area contributed by atoms with Crippen LogP contribution in [0.5, 0.6) is 11.5 Å². The van der Waals surface area contributed by atoms with E-state index in [0.29, 0.717) is 37.2 Å². The second-order valence-corrected chi connectivity index (χ2v) is 25.6. The number of ether oxygens (including phenoxy) is 2. The molecule has 4 atom stereocenters. The second-order valence-electron chi connectivity index (χ2n) is 21.2. The van der Waals surface area contributed by atoms with Gasteiger partial charge in [0.15, 0.2) is 0 Å². The fraction of sp³-hybridized carbons (Fsp3) is 0.600. The maximum Gasteiger partial charge on any atom is 0.453 e. The standard InChI is InChI=1S/C31H41F5OS2.C29H37F5O3S2/c1-23-10-13-25(14-11-23)29(3)22-39-28-21-24(2)12-15-26(28)27(29)9-7-18-37-17-5-4-6-19-38-20-8-16-30(32,33)31(34,35)36;1-27(21-8-10-22(35)11-9-21)20-39-26-19-23(36)12-13-24(26)25(27)7-5-16-37-15-3-2-4-17-38-18-6-14-28(30,31)29(32,33)34/h10-15,21,27H,4-9,16-20,22H2,1-3H3;8-13,19,25,35-36H,2-7,14-18,20H2,1H3/t27-,29-;25-,27-/m11/s1. The Morgan fingerprint density at radius 1 is 0.474 bits per heavy atom. The Bertz CT molecular complexity index is 2220. The van der Waals surface area contributed by atoms with Crippen molar-refractivity contribution >= 4 is 47.0 Å². The van der Waals surface area contributed by atoms with Gasteiger partial charge in [0.1, 0.15) is 11.5 Å². The Hall–Kier alpha value is -2.90. The summed E-state index contributed by atoms with van der Waals surface area (Å²) in [6, 6.07) is 28.8. The van der Waals surface area contributed by atoms with Crippen molar-refractivity contribution < 1.29 is 63.6 Å². The van der Waals surface area contributed by atoms with Gasteiger partial charge < -0.3 is 19.7 Å². The molecule has 0 bridgehead atoms. The van der Waals surface area contributed by atoms with Crippen molar-refractivity contribution in [2.24, 2.45) is 0 Å². The van der Waals surface area contributed by atoms with Crippen LogP contribution >= 0.6 is 47.0 Å². The van der Waals surface area contributed by atoms with E-state index in [0.717, 1.165) is 98.7 Å². The van der Waals surface area contributed by atoms with Crippen LogP contribution in [0.3, 0.4) is 0 Å². The average molecular weight is 1180 g/mol. The average Bonchev–Trinajstić information content (AvgIpc) is 3.42. The van der Waals surface area contributed by atoms with Gasteiger partial charge in [0.05, 0.1) is 0 Å². The van der Waals surface area contributed by atoms with Crippen LogP contribution in [0, 0.1) is 13.8 Å². The van der Waals surface area contributed by atoms with Crippen LogP contribution in [-0.4, -0.2) is 95.4 Å². The van der Waals surface area contributed by atoms with Crippen molar-refractivity contribution in [3.05, 3.63) is 118 Å². The maximum absolute atomic E-state index is 12.9. The quantitative estimate of drug-likeness (QED) is 0.0396. The number of aryl methyl sites for hydroxylation is 2. The molecule has 78 heavy (non-hydrogen) atoms. The predicted molar refractivity (Wildman–Crippen MR) is 303 cm³/mol. The molecular weight excluding hydrogens is 1100 g/mol. The highest BCUT2D eigenvalue weighted by molar-refractivity contribution is 8.00. The van der Waals surface area contributed by atoms with Gasteiger partial charge in [-0.05, 0) is 165 Å². The van der Waals surface area contributed by atoms with Gasteiger partial charge in [-0.1, -0.05) is 92.4 Å². The van der Waals surface area contributed by atoms with Crippen LogP contribution in [0.2, 0.25) is 0 Å². The first kappa shape index (κ1) is 65.9. The van der Waals surface area contributed by atoms with Gasteiger partial charge in [0, 0.05) is 71.4 Å². The van der Waals surface area contributed by atoms with Crippen LogP contribution in [-0.2, 0) is 20.3 Å². The Kier molecular flexibility index (Phi) is 26.2. The molecule has 2 N–H and O–H groups in total. The maximum atomic E-state index is 12.9. The lowest BCUT2D eigenvalue weighted by atomic mass is 9.68. The molecule has 0 unspecified atom stereocenters. The van der Waals surface area contributed by atoms with E-state index in [1.54, 1.807) is 30.0 Å². The van der Waals surface area contributed by atoms with E-state index >= 15 is 0 Å². The van der Waals surface area contributed by atoms with Gasteiger partial charge >= 0.3 is 24.2 Å². The minimum Gasteiger partial charge on any atom is -0.508 e. The Labute approximate surface area is 473 Å². The van der Waals surface area contributed by atoms with Crippen molar-refractivity contribution in [2.75, 3.05) is 60.9 Å². The number of hydrogen-bond acceptors (Lipinski definition) is 8. The van der Waals surface area contributed by atoms with Crippen molar-refractivity contribution in [2.45, 2.75) is 174 Å². The highest BCUT2D eigenvalue weighted by Crippen LogP contribution is 2.54. The molecule has 6 rings (SSSR count). The van der Waals surface area contributed by atoms with Crippen LogP contribution in [0.15, 0.2) is 94.7 Å². The number of alkyl halides is 10. The molecule has 0 saturated heterocycles. The number of thioether (sulfide) groups is 4. The van der Waals surface area contributed by atoms with E-state index < -0.39 is 37.0 Å². The van der Waals surface area contributed by atoms with E-state index in [4.69, 9.17) is 9.47 Å². The minimum absolute atomic E-state index is 0.0565. The molecule has 4 nitrogen and oxygen atoms in total. The van der Waals surface area contributed by atoms with E-state index in [1.165, 1.54) is 61.8 Å². The summed E-state index contributed by atoms with van der Waals surface area (Å²) in [4.78, 5) is 2.50. The van der Waals surface area contributed by atoms with Crippen molar-refractivity contribution in [3.8, 4) is 11.5 Å². The third-order valence-electron chi connectivity index (χ3n) is 14.9. The second kappa shape index (κ2) is 31.0. The fourth-order valence-electron chi connectivity index (χ4n) is 10.1. The Morgan fingerprint density at radius 3 is 1.32 bits per heavy atom. The molecule has 436 valence electrons. The molecule has 4 aromatic rings. The summed E-state index contributed by atoms with van der Waals surface area (Å²) in [7, 11) is 0. The molecule has 2 aliphatic heterocycles. The molecule has 2 heterocycles. The third-order valence-corrected chi connectivity index (χ3v) is 20.0. The SMILES string of the molecule is C[C@]1(c2ccc(O)cc2)CSc2cc(O)ccc2[C@H]1CCCOCCCCCSCCCC(F)(F)C(F)(F)F.Cc1ccc([C@@]2(C)CSc3cc(C)ccc3[C@H]2CCCOCCCCCSCCCC(F)(F)C(F)(F)F)cc1. The van der Waals surface area contributed by atoms with Crippen molar-refractivity contribution in [1.29, 1.82) is 0 Å². The zero-order valence-corrected chi connectivity index (χ0v) is 48.6. The first-order chi connectivity index (χ1) is 36.9. The van der Waals surface area contributed by atoms with Crippen LogP contribution in [0.25, 0.3) is 0 Å². The summed E-state index contributed by atoms with van der Waals surface area (Å²) in [6.07, 6.45) is -4.18. The fourth-order valence-corrected chi connectivity index (χ4v) is 14.9. The first-order valence-corrected chi connectivity index (χ1v) is 31.4. The number of hydrogen-bond donors (Lipinski definition) is 2. The number of benzene rings is 4. The molecule has 4 aromatic carbocycles. The highest BCUT2D eigenvalue weighted by Gasteiger charge is 2.57. The van der Waals surface area contributed by atoms with Gasteiger partial charge in [-0.15, -0.1) is 23.5 Å². The van der Waals surface area contributed by atoms with Crippen molar-refractivity contribution in [3.63, 3.8) is 0 Å². The van der Waals surface area contributed by atoms with Gasteiger partial charge in [-0.2, -0.15) is 67.4 Å². The molecular formula is C60H78F10O4S4. The minimum atomic E-state index is -5.46. The van der Waals surface area contributed by atoms with Crippen molar-refractivity contribution in [1.82, 2.24) is 0 Å². The monoisotopic (exact) mass is 1180 g/mol. The van der Waals surface area contributed by atoms with Gasteiger partial charge in [0.25, 0.3) is 0 Å². The number of aromatic hydroxyl groups is 2. The number of phenols is 2. The molecule has 0 radical (unpaired) electrons. The summed E-state index contributed by atoms with van der Waals surface area (Å²) in [5, 5.41) is 19.7. The van der Waals surface area contributed by atoms with Gasteiger partial charge in [-0.25, -0.2) is 0 Å². The zero-order valence-electron chi connectivity index (χ0n) is 45.3. The summed E-state index contributed by atoms with van der Waals surface area (Å²) >= 11 is 6.56. The Morgan fingerprint density at radius 2 is 0.859 bits per heavy atom. The van der Waals surface area contributed by atoms with E-state index in [9.17, 15) is 54.1 Å². The van der Waals surface area contributed by atoms with E-state index in [-0.39, 0.29) is 41.1 Å². The summed E-state index contributed by atoms with van der Waals surface area (Å²) < 4.78 is 136. The van der Waals surface area contributed by atoms with Gasteiger partial charge in [-0.3, -0.25) is 0 Å². The topological polar surface area (TPSA) is 58.9 Å². The lowest BCUT2D eigenvalue weighted by Gasteiger charge is -2.43. The molecule has 2 aliphatic rings. The summed E-state index contributed by atoms with van der Waals surface area (Å²) in [5.74, 6) is -3.97. The number of phenolic OH excluding ortho intramolecular Hbond substituents is 2. The van der Waals surface area contributed by atoms with Crippen LogP contribution in [0.1, 0.15) is 149 Å². The Balaban J connectivity index is 0.000000287. The first-order valence-electron chi connectivity index (χ1n) is 27.1. The molecule has 0 saturated carbocycles. The highest BCUT2D eigenvalue weighted by atomic mass is 32.2. The predicted octanol–water partition coefficient (Wildman–Crippen LogP) is 19.1. The van der Waals surface area contributed by atoms with E-state index in [2.05, 4.69) is 70.2 Å². The molecule has 0 aliphatic carbocycles. The lowest BCUT2D eigenvalue weighted by molar-refractivity contribution is -0.284. The molecule has 0 fully saturated rings. The number of unbranched alkanes of at least 4 members (excludes halogenated alkanes) is 4.